The van der Waals surface area contributed by atoms with Crippen LogP contribution in [0.15, 0.2) is 48.5 Å². The van der Waals surface area contributed by atoms with Gasteiger partial charge in [-0.1, -0.05) is 18.2 Å². The van der Waals surface area contributed by atoms with E-state index in [1.807, 2.05) is 31.2 Å². The molecular formula is C18H18N2O3. The lowest BCUT2D eigenvalue weighted by molar-refractivity contribution is -0.121. The topological polar surface area (TPSA) is 58.6 Å². The van der Waals surface area contributed by atoms with Crippen LogP contribution in [0.3, 0.4) is 0 Å². The molecule has 1 saturated heterocycles. The maximum atomic E-state index is 12.6. The Morgan fingerprint density at radius 3 is 2.65 bits per heavy atom. The van der Waals surface area contributed by atoms with Gasteiger partial charge in [-0.25, -0.2) is 4.90 Å². The SMILES string of the molecule is COc1cccc(N2C(=O)C[C@@H](Nc3cccc(C)c3)C2=O)c1. The number of anilines is 2. The second-order valence-corrected chi connectivity index (χ2v) is 5.54. The van der Waals surface area contributed by atoms with Crippen LogP contribution in [0.25, 0.3) is 0 Å². The molecule has 2 amide bonds. The van der Waals surface area contributed by atoms with Crippen LogP contribution in [0.4, 0.5) is 11.4 Å². The maximum absolute atomic E-state index is 12.6. The highest BCUT2D eigenvalue weighted by molar-refractivity contribution is 6.23. The lowest BCUT2D eigenvalue weighted by atomic mass is 10.2. The summed E-state index contributed by atoms with van der Waals surface area (Å²) < 4.78 is 5.16. The molecule has 0 unspecified atom stereocenters. The Hall–Kier alpha value is -2.82. The van der Waals surface area contributed by atoms with Gasteiger partial charge in [0, 0.05) is 11.8 Å². The van der Waals surface area contributed by atoms with Crippen LogP contribution >= 0.6 is 0 Å². The molecule has 0 spiro atoms. The van der Waals surface area contributed by atoms with Crippen molar-refractivity contribution in [2.24, 2.45) is 0 Å². The molecule has 5 heteroatoms. The first-order valence-electron chi connectivity index (χ1n) is 7.42. The minimum absolute atomic E-state index is 0.143. The Kier molecular flexibility index (Phi) is 4.02. The van der Waals surface area contributed by atoms with Crippen molar-refractivity contribution < 1.29 is 14.3 Å². The number of imide groups is 1. The monoisotopic (exact) mass is 310 g/mol. The van der Waals surface area contributed by atoms with E-state index in [0.29, 0.717) is 11.4 Å². The first-order valence-corrected chi connectivity index (χ1v) is 7.42. The number of aryl methyl sites for hydroxylation is 1. The summed E-state index contributed by atoms with van der Waals surface area (Å²) in [6.07, 6.45) is 0.143. The van der Waals surface area contributed by atoms with E-state index < -0.39 is 6.04 Å². The summed E-state index contributed by atoms with van der Waals surface area (Å²) in [4.78, 5) is 26.1. The van der Waals surface area contributed by atoms with Crippen molar-refractivity contribution >= 4 is 23.2 Å². The van der Waals surface area contributed by atoms with E-state index >= 15 is 0 Å². The van der Waals surface area contributed by atoms with Gasteiger partial charge in [0.25, 0.3) is 5.91 Å². The van der Waals surface area contributed by atoms with Crippen molar-refractivity contribution in [2.45, 2.75) is 19.4 Å². The number of rotatable bonds is 4. The molecule has 0 aliphatic carbocycles. The van der Waals surface area contributed by atoms with Gasteiger partial charge >= 0.3 is 0 Å². The Bertz CT molecular complexity index is 757. The zero-order valence-electron chi connectivity index (χ0n) is 13.1. The zero-order valence-corrected chi connectivity index (χ0v) is 13.1. The Labute approximate surface area is 134 Å². The molecule has 3 rings (SSSR count). The molecule has 1 heterocycles. The third kappa shape index (κ3) is 3.04. The van der Waals surface area contributed by atoms with E-state index in [0.717, 1.165) is 11.3 Å². The first kappa shape index (κ1) is 15.1. The molecule has 1 atom stereocenters. The molecule has 0 radical (unpaired) electrons. The lowest BCUT2D eigenvalue weighted by Crippen LogP contribution is -2.34. The number of carbonyl (C=O) groups is 2. The summed E-state index contributed by atoms with van der Waals surface area (Å²) in [6, 6.07) is 14.1. The van der Waals surface area contributed by atoms with Gasteiger partial charge in [-0.05, 0) is 36.8 Å². The summed E-state index contributed by atoms with van der Waals surface area (Å²) in [5.41, 5.74) is 2.47. The molecule has 0 aromatic heterocycles. The van der Waals surface area contributed by atoms with Gasteiger partial charge in [-0.2, -0.15) is 0 Å². The normalized spacial score (nSPS) is 17.5. The molecule has 5 nitrogen and oxygen atoms in total. The van der Waals surface area contributed by atoms with Crippen LogP contribution in [-0.2, 0) is 9.59 Å². The number of ether oxygens (including phenoxy) is 1. The van der Waals surface area contributed by atoms with E-state index in [-0.39, 0.29) is 18.2 Å². The van der Waals surface area contributed by atoms with Crippen molar-refractivity contribution in [3.05, 3.63) is 54.1 Å². The molecule has 1 aliphatic heterocycles. The number of carbonyl (C=O) groups excluding carboxylic acids is 2. The number of benzene rings is 2. The van der Waals surface area contributed by atoms with Gasteiger partial charge in [0.1, 0.15) is 11.8 Å². The minimum Gasteiger partial charge on any atom is -0.497 e. The second kappa shape index (κ2) is 6.12. The fourth-order valence-corrected chi connectivity index (χ4v) is 2.70. The summed E-state index contributed by atoms with van der Waals surface area (Å²) >= 11 is 0. The number of nitrogens with zero attached hydrogens (tertiary/aromatic N) is 1. The number of hydrogen-bond donors (Lipinski definition) is 1. The minimum atomic E-state index is -0.546. The highest BCUT2D eigenvalue weighted by Crippen LogP contribution is 2.27. The average Bonchev–Trinajstić information content (AvgIpc) is 2.81. The van der Waals surface area contributed by atoms with Crippen LogP contribution in [0.5, 0.6) is 5.75 Å². The van der Waals surface area contributed by atoms with Crippen LogP contribution in [0.1, 0.15) is 12.0 Å². The fraction of sp³-hybridized carbons (Fsp3) is 0.222. The number of nitrogens with one attached hydrogen (secondary N) is 1. The van der Waals surface area contributed by atoms with Gasteiger partial charge in [0.15, 0.2) is 0 Å². The summed E-state index contributed by atoms with van der Waals surface area (Å²) in [6.45, 7) is 1.98. The molecule has 2 aromatic carbocycles. The number of amides is 2. The quantitative estimate of drug-likeness (QED) is 0.882. The molecular weight excluding hydrogens is 292 g/mol. The standard InChI is InChI=1S/C18H18N2O3/c1-12-5-3-6-13(9-12)19-16-11-17(21)20(18(16)22)14-7-4-8-15(10-14)23-2/h3-10,16,19H,11H2,1-2H3/t16-/m1/s1. The van der Waals surface area contributed by atoms with Crippen molar-refractivity contribution in [3.63, 3.8) is 0 Å². The molecule has 23 heavy (non-hydrogen) atoms. The smallest absolute Gasteiger partial charge is 0.256 e. The molecule has 2 aromatic rings. The lowest BCUT2D eigenvalue weighted by Gasteiger charge is -2.17. The van der Waals surface area contributed by atoms with Crippen molar-refractivity contribution in [1.29, 1.82) is 0 Å². The molecule has 1 aliphatic rings. The fourth-order valence-electron chi connectivity index (χ4n) is 2.70. The van der Waals surface area contributed by atoms with E-state index in [1.165, 1.54) is 4.90 Å². The Morgan fingerprint density at radius 1 is 1.13 bits per heavy atom. The first-order chi connectivity index (χ1) is 11.1. The van der Waals surface area contributed by atoms with Crippen molar-refractivity contribution in [3.8, 4) is 5.75 Å². The van der Waals surface area contributed by atoms with E-state index in [9.17, 15) is 9.59 Å². The molecule has 118 valence electrons. The van der Waals surface area contributed by atoms with Gasteiger partial charge in [0.2, 0.25) is 5.91 Å². The maximum Gasteiger partial charge on any atom is 0.256 e. The summed E-state index contributed by atoms with van der Waals surface area (Å²) in [5, 5.41) is 3.15. The Morgan fingerprint density at radius 2 is 1.91 bits per heavy atom. The highest BCUT2D eigenvalue weighted by atomic mass is 16.5. The van der Waals surface area contributed by atoms with Gasteiger partial charge < -0.3 is 10.1 Å². The van der Waals surface area contributed by atoms with Crippen molar-refractivity contribution in [2.75, 3.05) is 17.3 Å². The van der Waals surface area contributed by atoms with Gasteiger partial charge in [-0.15, -0.1) is 0 Å². The van der Waals surface area contributed by atoms with Crippen LogP contribution in [0, 0.1) is 6.92 Å². The molecule has 1 N–H and O–H groups in total. The second-order valence-electron chi connectivity index (χ2n) is 5.54. The molecule has 1 fully saturated rings. The molecule has 0 saturated carbocycles. The number of hydrogen-bond acceptors (Lipinski definition) is 4. The van der Waals surface area contributed by atoms with Gasteiger partial charge in [0.05, 0.1) is 19.2 Å². The van der Waals surface area contributed by atoms with E-state index in [4.69, 9.17) is 4.74 Å². The van der Waals surface area contributed by atoms with E-state index in [2.05, 4.69) is 5.32 Å². The van der Waals surface area contributed by atoms with Crippen LogP contribution < -0.4 is 15.0 Å². The van der Waals surface area contributed by atoms with Crippen molar-refractivity contribution in [1.82, 2.24) is 0 Å². The third-order valence-electron chi connectivity index (χ3n) is 3.82. The van der Waals surface area contributed by atoms with Crippen LogP contribution in [0.2, 0.25) is 0 Å². The predicted molar refractivity (Wildman–Crippen MR) is 88.7 cm³/mol. The van der Waals surface area contributed by atoms with Gasteiger partial charge in [-0.3, -0.25) is 9.59 Å². The largest absolute Gasteiger partial charge is 0.497 e. The summed E-state index contributed by atoms with van der Waals surface area (Å²) in [5.74, 6) is 0.149. The number of methoxy groups -OCH3 is 1. The van der Waals surface area contributed by atoms with Crippen LogP contribution in [-0.4, -0.2) is 25.0 Å². The van der Waals surface area contributed by atoms with E-state index in [1.54, 1.807) is 31.4 Å². The molecule has 0 bridgehead atoms. The zero-order chi connectivity index (χ0) is 16.4. The third-order valence-corrected chi connectivity index (χ3v) is 3.82. The summed E-state index contributed by atoms with van der Waals surface area (Å²) in [7, 11) is 1.55. The highest BCUT2D eigenvalue weighted by Gasteiger charge is 2.39. The predicted octanol–water partition coefficient (Wildman–Crippen LogP) is 2.75. The Balaban J connectivity index is 1.82. The average molecular weight is 310 g/mol.